The Labute approximate surface area is 326 Å². The SMILES string of the molecule is COc1ccc2c(c1)C=C(c1c(C(=O)N3C[C@@H](C)O[C@@H](C)C3)cnn1-c1ncccn1)Cn1c-2c(C2CCCCC2)c2ccc(C(=O)NS(=O)(=O)C(C)C)cc21. The van der Waals surface area contributed by atoms with Gasteiger partial charge in [-0.1, -0.05) is 25.3 Å². The molecule has 2 aromatic carbocycles. The minimum atomic E-state index is -3.87. The van der Waals surface area contributed by atoms with Crippen LogP contribution >= 0.6 is 0 Å². The lowest BCUT2D eigenvalue weighted by Gasteiger charge is -2.35. The third-order valence-corrected chi connectivity index (χ3v) is 12.9. The Morgan fingerprint density at radius 2 is 1.70 bits per heavy atom. The van der Waals surface area contributed by atoms with Gasteiger partial charge in [0, 0.05) is 47.5 Å². The molecule has 2 amide bonds. The molecule has 1 N–H and O–H groups in total. The minimum absolute atomic E-state index is 0.135. The molecule has 1 saturated heterocycles. The average molecular weight is 778 g/mol. The molecular formula is C42H47N7O6S. The fourth-order valence-electron chi connectivity index (χ4n) is 8.51. The number of allylic oxidation sites excluding steroid dienone is 1. The van der Waals surface area contributed by atoms with Gasteiger partial charge in [0.2, 0.25) is 10.0 Å². The average Bonchev–Trinajstić information content (AvgIpc) is 3.72. The first-order valence-corrected chi connectivity index (χ1v) is 20.9. The van der Waals surface area contributed by atoms with Crippen LogP contribution in [0.2, 0.25) is 0 Å². The number of methoxy groups -OCH3 is 1. The third-order valence-electron chi connectivity index (χ3n) is 11.2. The number of morpholine rings is 1. The number of nitrogens with zero attached hydrogens (tertiary/aromatic N) is 6. The van der Waals surface area contributed by atoms with Crippen molar-refractivity contribution in [2.45, 2.75) is 89.7 Å². The fraction of sp³-hybridized carbons (Fsp3) is 0.405. The zero-order chi connectivity index (χ0) is 39.3. The molecule has 1 saturated carbocycles. The summed E-state index contributed by atoms with van der Waals surface area (Å²) in [6.07, 6.45) is 12.2. The van der Waals surface area contributed by atoms with Crippen molar-refractivity contribution in [2.24, 2.45) is 0 Å². The molecule has 3 aliphatic rings. The van der Waals surface area contributed by atoms with Gasteiger partial charge in [0.25, 0.3) is 17.8 Å². The lowest BCUT2D eigenvalue weighted by atomic mass is 9.81. The molecule has 0 spiro atoms. The number of hydrogen-bond donors (Lipinski definition) is 1. The van der Waals surface area contributed by atoms with Gasteiger partial charge in [0.15, 0.2) is 0 Å². The predicted octanol–water partition coefficient (Wildman–Crippen LogP) is 6.61. The molecule has 292 valence electrons. The zero-order valence-corrected chi connectivity index (χ0v) is 33.2. The molecule has 8 rings (SSSR count). The number of carbonyl (C=O) groups is 2. The maximum Gasteiger partial charge on any atom is 0.264 e. The van der Waals surface area contributed by atoms with E-state index in [1.807, 2.05) is 36.9 Å². The van der Waals surface area contributed by atoms with Gasteiger partial charge in [-0.3, -0.25) is 9.59 Å². The van der Waals surface area contributed by atoms with Crippen molar-refractivity contribution in [2.75, 3.05) is 20.2 Å². The van der Waals surface area contributed by atoms with E-state index in [2.05, 4.69) is 31.4 Å². The highest BCUT2D eigenvalue weighted by Crippen LogP contribution is 2.48. The zero-order valence-electron chi connectivity index (χ0n) is 32.4. The maximum absolute atomic E-state index is 14.6. The molecule has 0 unspecified atom stereocenters. The number of rotatable bonds is 8. The summed E-state index contributed by atoms with van der Waals surface area (Å²) in [5, 5.41) is 4.97. The molecule has 3 aromatic heterocycles. The van der Waals surface area contributed by atoms with Crippen LogP contribution in [0.25, 0.3) is 39.8 Å². The molecule has 0 radical (unpaired) electrons. The first-order chi connectivity index (χ1) is 26.9. The molecule has 1 aliphatic carbocycles. The fourth-order valence-corrected chi connectivity index (χ4v) is 9.12. The highest BCUT2D eigenvalue weighted by molar-refractivity contribution is 7.90. The monoisotopic (exact) mass is 777 g/mol. The number of ether oxygens (including phenoxy) is 2. The van der Waals surface area contributed by atoms with Crippen molar-refractivity contribution >= 4 is 44.4 Å². The van der Waals surface area contributed by atoms with Crippen molar-refractivity contribution in [3.8, 4) is 23.0 Å². The van der Waals surface area contributed by atoms with Crippen LogP contribution in [0, 0.1) is 0 Å². The lowest BCUT2D eigenvalue weighted by Crippen LogP contribution is -2.48. The van der Waals surface area contributed by atoms with Gasteiger partial charge < -0.3 is 18.9 Å². The predicted molar refractivity (Wildman–Crippen MR) is 214 cm³/mol. The number of amides is 2. The second-order valence-corrected chi connectivity index (χ2v) is 17.6. The largest absolute Gasteiger partial charge is 0.497 e. The molecule has 0 bridgehead atoms. The lowest BCUT2D eigenvalue weighted by molar-refractivity contribution is -0.0586. The summed E-state index contributed by atoms with van der Waals surface area (Å²) < 4.78 is 43.4. The molecule has 56 heavy (non-hydrogen) atoms. The van der Waals surface area contributed by atoms with Crippen molar-refractivity contribution in [3.63, 3.8) is 0 Å². The van der Waals surface area contributed by atoms with E-state index in [-0.39, 0.29) is 29.6 Å². The van der Waals surface area contributed by atoms with Gasteiger partial charge in [0.1, 0.15) is 5.75 Å². The molecule has 5 heterocycles. The quantitative estimate of drug-likeness (QED) is 0.184. The number of fused-ring (bicyclic) bond motifs is 5. The van der Waals surface area contributed by atoms with Crippen LogP contribution in [0.15, 0.2) is 61.1 Å². The molecular weight excluding hydrogens is 731 g/mol. The van der Waals surface area contributed by atoms with Crippen molar-refractivity contribution in [1.82, 2.24) is 33.9 Å². The number of benzene rings is 2. The van der Waals surface area contributed by atoms with E-state index in [4.69, 9.17) is 14.6 Å². The smallest absolute Gasteiger partial charge is 0.264 e. The second-order valence-electron chi connectivity index (χ2n) is 15.4. The van der Waals surface area contributed by atoms with Crippen LogP contribution in [-0.4, -0.2) is 87.1 Å². The van der Waals surface area contributed by atoms with Crippen LogP contribution in [0.3, 0.4) is 0 Å². The van der Waals surface area contributed by atoms with E-state index in [1.165, 1.54) is 25.8 Å². The normalized spacial score (nSPS) is 19.0. The molecule has 2 atom stereocenters. The van der Waals surface area contributed by atoms with E-state index in [0.717, 1.165) is 59.0 Å². The van der Waals surface area contributed by atoms with Crippen LogP contribution < -0.4 is 9.46 Å². The molecule has 2 fully saturated rings. The molecule has 2 aliphatic heterocycles. The van der Waals surface area contributed by atoms with E-state index >= 15 is 0 Å². The van der Waals surface area contributed by atoms with Gasteiger partial charge >= 0.3 is 0 Å². The van der Waals surface area contributed by atoms with Crippen molar-refractivity contribution in [1.29, 1.82) is 0 Å². The van der Waals surface area contributed by atoms with Gasteiger partial charge in [-0.05, 0) is 106 Å². The van der Waals surface area contributed by atoms with Crippen LogP contribution in [0.1, 0.15) is 103 Å². The summed E-state index contributed by atoms with van der Waals surface area (Å²) in [6, 6.07) is 13.2. The number of hydrogen-bond acceptors (Lipinski definition) is 9. The topological polar surface area (TPSA) is 151 Å². The maximum atomic E-state index is 14.6. The van der Waals surface area contributed by atoms with E-state index in [9.17, 15) is 18.0 Å². The highest BCUT2D eigenvalue weighted by atomic mass is 32.2. The summed E-state index contributed by atoms with van der Waals surface area (Å²) in [5.41, 5.74) is 6.85. The summed E-state index contributed by atoms with van der Waals surface area (Å²) in [7, 11) is -2.23. The molecule has 5 aromatic rings. The van der Waals surface area contributed by atoms with E-state index < -0.39 is 21.2 Å². The Hall–Kier alpha value is -5.34. The number of aromatic nitrogens is 5. The van der Waals surface area contributed by atoms with E-state index in [0.29, 0.717) is 42.6 Å². The van der Waals surface area contributed by atoms with Gasteiger partial charge in [-0.2, -0.15) is 9.78 Å². The molecule has 13 nitrogen and oxygen atoms in total. The summed E-state index contributed by atoms with van der Waals surface area (Å²) >= 11 is 0. The van der Waals surface area contributed by atoms with Gasteiger partial charge in [0.05, 0.1) is 54.3 Å². The highest BCUT2D eigenvalue weighted by Gasteiger charge is 2.34. The van der Waals surface area contributed by atoms with Gasteiger partial charge in [-0.15, -0.1) is 0 Å². The third kappa shape index (κ3) is 6.89. The molecule has 14 heteroatoms. The first-order valence-electron chi connectivity index (χ1n) is 19.3. The van der Waals surface area contributed by atoms with Crippen LogP contribution in [-0.2, 0) is 21.3 Å². The van der Waals surface area contributed by atoms with Gasteiger partial charge in [-0.25, -0.2) is 23.1 Å². The van der Waals surface area contributed by atoms with Crippen LogP contribution in [0.5, 0.6) is 5.75 Å². The Morgan fingerprint density at radius 3 is 2.39 bits per heavy atom. The summed E-state index contributed by atoms with van der Waals surface area (Å²) in [6.45, 7) is 8.16. The minimum Gasteiger partial charge on any atom is -0.497 e. The summed E-state index contributed by atoms with van der Waals surface area (Å²) in [4.78, 5) is 39.1. The van der Waals surface area contributed by atoms with Crippen molar-refractivity contribution in [3.05, 3.63) is 89.0 Å². The Kier molecular flexibility index (Phi) is 10.0. The Bertz CT molecular complexity index is 2460. The van der Waals surface area contributed by atoms with Crippen LogP contribution in [0.4, 0.5) is 0 Å². The number of sulfonamides is 1. The van der Waals surface area contributed by atoms with E-state index in [1.54, 1.807) is 48.6 Å². The number of carbonyl (C=O) groups excluding carboxylic acids is 2. The van der Waals surface area contributed by atoms with Crippen molar-refractivity contribution < 1.29 is 27.5 Å². The first kappa shape index (κ1) is 37.6. The second kappa shape index (κ2) is 15.0. The number of nitrogens with one attached hydrogen (secondary N) is 1. The standard InChI is InChI=1S/C42H47N7O6S/c1-25(2)56(52,53)46-40(50)29-12-14-34-36(20-29)48-24-31(18-30-19-32(54-5)13-15-33(30)39(48)37(34)28-10-7-6-8-11-28)38-35(21-45-49(38)42-43-16-9-17-44-42)41(51)47-22-26(3)55-27(4)23-47/h9,12-21,25-28H,6-8,10-11,22-24H2,1-5H3,(H,46,50)/t26-,27+. The Morgan fingerprint density at radius 1 is 0.964 bits per heavy atom. The summed E-state index contributed by atoms with van der Waals surface area (Å²) in [5.74, 6) is 0.399. The Balaban J connectivity index is 1.38.